The Morgan fingerprint density at radius 2 is 1.71 bits per heavy atom. The van der Waals surface area contributed by atoms with Crippen LogP contribution in [0.4, 0.5) is 0 Å². The Morgan fingerprint density at radius 1 is 0.952 bits per heavy atom. The standard InChI is InChI=1S/C18H19N3/c1-2-3-7-15-10-12-16(13-11-15)18-20-19-14-21(18)17-8-5-4-6-9-17/h4-6,8-14H,2-3,7H2,1H3. The first kappa shape index (κ1) is 13.6. The average molecular weight is 277 g/mol. The van der Waals surface area contributed by atoms with Gasteiger partial charge in [0.2, 0.25) is 0 Å². The number of rotatable bonds is 5. The number of hydrogen-bond acceptors (Lipinski definition) is 2. The molecule has 3 rings (SSSR count). The average Bonchev–Trinajstić information content (AvgIpc) is 3.04. The molecular weight excluding hydrogens is 258 g/mol. The third-order valence-electron chi connectivity index (χ3n) is 3.61. The summed E-state index contributed by atoms with van der Waals surface area (Å²) in [4.78, 5) is 0. The summed E-state index contributed by atoms with van der Waals surface area (Å²) in [7, 11) is 0. The summed E-state index contributed by atoms with van der Waals surface area (Å²) >= 11 is 0. The Morgan fingerprint density at radius 3 is 2.43 bits per heavy atom. The molecule has 0 bridgehead atoms. The summed E-state index contributed by atoms with van der Waals surface area (Å²) in [5.41, 5.74) is 3.55. The second kappa shape index (κ2) is 6.35. The van der Waals surface area contributed by atoms with Crippen molar-refractivity contribution in [3.63, 3.8) is 0 Å². The highest BCUT2D eigenvalue weighted by molar-refractivity contribution is 5.58. The summed E-state index contributed by atoms with van der Waals surface area (Å²) < 4.78 is 2.01. The van der Waals surface area contributed by atoms with Gasteiger partial charge in [-0.05, 0) is 30.5 Å². The fraction of sp³-hybridized carbons (Fsp3) is 0.222. The van der Waals surface area contributed by atoms with Crippen molar-refractivity contribution in [2.45, 2.75) is 26.2 Å². The van der Waals surface area contributed by atoms with Gasteiger partial charge in [-0.1, -0.05) is 55.8 Å². The summed E-state index contributed by atoms with van der Waals surface area (Å²) in [6.45, 7) is 2.22. The van der Waals surface area contributed by atoms with Crippen molar-refractivity contribution in [2.24, 2.45) is 0 Å². The van der Waals surface area contributed by atoms with E-state index in [-0.39, 0.29) is 0 Å². The molecule has 3 aromatic rings. The molecule has 0 fully saturated rings. The van der Waals surface area contributed by atoms with Crippen LogP contribution in [0.3, 0.4) is 0 Å². The Labute approximate surface area is 125 Å². The molecule has 0 atom stereocenters. The van der Waals surface area contributed by atoms with Crippen LogP contribution in [-0.2, 0) is 6.42 Å². The highest BCUT2D eigenvalue weighted by atomic mass is 15.3. The van der Waals surface area contributed by atoms with Gasteiger partial charge in [0.15, 0.2) is 5.82 Å². The first-order valence-electron chi connectivity index (χ1n) is 7.43. The Balaban J connectivity index is 1.90. The molecule has 3 nitrogen and oxygen atoms in total. The van der Waals surface area contributed by atoms with E-state index in [1.807, 2.05) is 22.8 Å². The van der Waals surface area contributed by atoms with Gasteiger partial charge in [0, 0.05) is 11.3 Å². The van der Waals surface area contributed by atoms with Crippen LogP contribution in [0.5, 0.6) is 0 Å². The zero-order chi connectivity index (χ0) is 14.5. The fourth-order valence-electron chi connectivity index (χ4n) is 2.41. The van der Waals surface area contributed by atoms with E-state index in [0.717, 1.165) is 23.5 Å². The van der Waals surface area contributed by atoms with E-state index in [2.05, 4.69) is 53.5 Å². The molecule has 106 valence electrons. The van der Waals surface area contributed by atoms with E-state index < -0.39 is 0 Å². The van der Waals surface area contributed by atoms with E-state index in [1.54, 1.807) is 6.33 Å². The smallest absolute Gasteiger partial charge is 0.168 e. The number of nitrogens with zero attached hydrogens (tertiary/aromatic N) is 3. The molecule has 0 amide bonds. The molecule has 0 N–H and O–H groups in total. The highest BCUT2D eigenvalue weighted by Crippen LogP contribution is 2.21. The molecular formula is C18H19N3. The minimum Gasteiger partial charge on any atom is -0.282 e. The van der Waals surface area contributed by atoms with E-state index >= 15 is 0 Å². The van der Waals surface area contributed by atoms with Crippen LogP contribution >= 0.6 is 0 Å². The normalized spacial score (nSPS) is 10.7. The molecule has 1 aromatic heterocycles. The molecule has 21 heavy (non-hydrogen) atoms. The lowest BCUT2D eigenvalue weighted by Gasteiger charge is -2.07. The van der Waals surface area contributed by atoms with Crippen LogP contribution in [0.25, 0.3) is 17.1 Å². The number of hydrogen-bond donors (Lipinski definition) is 0. The molecule has 0 saturated heterocycles. The number of aromatic nitrogens is 3. The molecule has 0 unspecified atom stereocenters. The maximum atomic E-state index is 4.27. The summed E-state index contributed by atoms with van der Waals surface area (Å²) in [5.74, 6) is 0.878. The number of unbranched alkanes of at least 4 members (excludes halogenated alkanes) is 1. The first-order chi connectivity index (χ1) is 10.4. The van der Waals surface area contributed by atoms with E-state index in [9.17, 15) is 0 Å². The molecule has 1 heterocycles. The van der Waals surface area contributed by atoms with Crippen molar-refractivity contribution in [3.8, 4) is 17.1 Å². The fourth-order valence-corrected chi connectivity index (χ4v) is 2.41. The summed E-state index contributed by atoms with van der Waals surface area (Å²) in [6.07, 6.45) is 5.36. The Bertz CT molecular complexity index is 684. The van der Waals surface area contributed by atoms with Gasteiger partial charge in [-0.3, -0.25) is 4.57 Å². The van der Waals surface area contributed by atoms with Crippen molar-refractivity contribution < 1.29 is 0 Å². The van der Waals surface area contributed by atoms with Crippen molar-refractivity contribution >= 4 is 0 Å². The summed E-state index contributed by atoms with van der Waals surface area (Å²) in [5, 5.41) is 8.33. The lowest BCUT2D eigenvalue weighted by atomic mass is 10.1. The Hall–Kier alpha value is -2.42. The monoisotopic (exact) mass is 277 g/mol. The van der Waals surface area contributed by atoms with Gasteiger partial charge in [-0.2, -0.15) is 0 Å². The van der Waals surface area contributed by atoms with Crippen molar-refractivity contribution in [1.29, 1.82) is 0 Å². The molecule has 0 aliphatic rings. The second-order valence-corrected chi connectivity index (χ2v) is 5.16. The van der Waals surface area contributed by atoms with Gasteiger partial charge in [0.1, 0.15) is 6.33 Å². The van der Waals surface area contributed by atoms with E-state index in [1.165, 1.54) is 18.4 Å². The third-order valence-corrected chi connectivity index (χ3v) is 3.61. The second-order valence-electron chi connectivity index (χ2n) is 5.16. The van der Waals surface area contributed by atoms with Gasteiger partial charge in [0.05, 0.1) is 0 Å². The molecule has 0 spiro atoms. The van der Waals surface area contributed by atoms with Gasteiger partial charge < -0.3 is 0 Å². The molecule has 0 aliphatic carbocycles. The predicted octanol–water partition coefficient (Wildman–Crippen LogP) is 4.28. The van der Waals surface area contributed by atoms with E-state index in [4.69, 9.17) is 0 Å². The van der Waals surface area contributed by atoms with E-state index in [0.29, 0.717) is 0 Å². The van der Waals surface area contributed by atoms with Crippen LogP contribution in [0.1, 0.15) is 25.3 Å². The molecule has 0 radical (unpaired) electrons. The topological polar surface area (TPSA) is 30.7 Å². The molecule has 0 saturated carbocycles. The zero-order valence-electron chi connectivity index (χ0n) is 12.2. The number of para-hydroxylation sites is 1. The minimum atomic E-state index is 0.878. The zero-order valence-corrected chi connectivity index (χ0v) is 12.2. The van der Waals surface area contributed by atoms with Crippen LogP contribution in [-0.4, -0.2) is 14.8 Å². The van der Waals surface area contributed by atoms with Crippen LogP contribution < -0.4 is 0 Å². The van der Waals surface area contributed by atoms with Gasteiger partial charge in [0.25, 0.3) is 0 Å². The van der Waals surface area contributed by atoms with Crippen molar-refractivity contribution in [3.05, 3.63) is 66.5 Å². The van der Waals surface area contributed by atoms with Gasteiger partial charge in [-0.15, -0.1) is 10.2 Å². The van der Waals surface area contributed by atoms with Crippen molar-refractivity contribution in [2.75, 3.05) is 0 Å². The Kier molecular flexibility index (Phi) is 4.10. The maximum Gasteiger partial charge on any atom is 0.168 e. The van der Waals surface area contributed by atoms with Gasteiger partial charge >= 0.3 is 0 Å². The lowest BCUT2D eigenvalue weighted by molar-refractivity contribution is 0.795. The highest BCUT2D eigenvalue weighted by Gasteiger charge is 2.08. The first-order valence-corrected chi connectivity index (χ1v) is 7.43. The van der Waals surface area contributed by atoms with Crippen LogP contribution in [0.15, 0.2) is 60.9 Å². The van der Waals surface area contributed by atoms with Crippen LogP contribution in [0, 0.1) is 0 Å². The summed E-state index contributed by atoms with van der Waals surface area (Å²) in [6, 6.07) is 18.8. The molecule has 0 aliphatic heterocycles. The number of benzene rings is 2. The van der Waals surface area contributed by atoms with Crippen LogP contribution in [0.2, 0.25) is 0 Å². The lowest BCUT2D eigenvalue weighted by Crippen LogP contribution is -1.96. The SMILES string of the molecule is CCCCc1ccc(-c2nncn2-c2ccccc2)cc1. The predicted molar refractivity (Wildman–Crippen MR) is 85.4 cm³/mol. The number of aryl methyl sites for hydroxylation is 1. The minimum absolute atomic E-state index is 0.878. The van der Waals surface area contributed by atoms with Gasteiger partial charge in [-0.25, -0.2) is 0 Å². The third kappa shape index (κ3) is 3.02. The quantitative estimate of drug-likeness (QED) is 0.697. The molecule has 3 heteroatoms. The molecule has 2 aromatic carbocycles. The largest absolute Gasteiger partial charge is 0.282 e. The van der Waals surface area contributed by atoms with Crippen molar-refractivity contribution in [1.82, 2.24) is 14.8 Å². The maximum absolute atomic E-state index is 4.27.